The number of benzene rings is 1. The highest BCUT2D eigenvalue weighted by Crippen LogP contribution is 2.34. The third-order valence-corrected chi connectivity index (χ3v) is 7.55. The van der Waals surface area contributed by atoms with E-state index in [1.807, 2.05) is 6.07 Å². The number of aliphatic carboxylic acids is 1. The Hall–Kier alpha value is -2.99. The van der Waals surface area contributed by atoms with Crippen molar-refractivity contribution in [2.24, 2.45) is 5.41 Å². The number of hydrogen-bond donors (Lipinski definition) is 2. The van der Waals surface area contributed by atoms with Crippen molar-refractivity contribution in [1.82, 2.24) is 15.3 Å². The van der Waals surface area contributed by atoms with Crippen LogP contribution in [0.1, 0.15) is 45.6 Å². The molecule has 0 bridgehead atoms. The van der Waals surface area contributed by atoms with Crippen LogP contribution in [0.5, 0.6) is 11.5 Å². The maximum Gasteiger partial charge on any atom is 0.328 e. The first-order valence-electron chi connectivity index (χ1n) is 12.3. The summed E-state index contributed by atoms with van der Waals surface area (Å²) in [5, 5.41) is 14.8. The molecule has 3 heterocycles. The molecular weight excluding hydrogens is 502 g/mol. The number of nitrogens with zero attached hydrogens (tertiary/aromatic N) is 2. The monoisotopic (exact) mass is 535 g/mol. The summed E-state index contributed by atoms with van der Waals surface area (Å²) in [6.07, 6.45) is 1.75. The number of hydrazine groups is 1. The summed E-state index contributed by atoms with van der Waals surface area (Å²) < 4.78 is 16.2. The maximum atomic E-state index is 13.4. The normalized spacial score (nSPS) is 22.2. The number of carboxylic acid groups (broad SMARTS) is 1. The molecule has 1 unspecified atom stereocenters. The molecule has 1 aromatic rings. The Morgan fingerprint density at radius 1 is 1.19 bits per heavy atom. The molecule has 0 aromatic heterocycles. The number of rotatable bonds is 8. The summed E-state index contributed by atoms with van der Waals surface area (Å²) in [6.45, 7) is 6.47. The van der Waals surface area contributed by atoms with E-state index >= 15 is 0 Å². The second-order valence-electron chi connectivity index (χ2n) is 10.3. The molecule has 2 amide bonds. The zero-order valence-corrected chi connectivity index (χ0v) is 22.0. The van der Waals surface area contributed by atoms with Gasteiger partial charge in [0.25, 0.3) is 5.91 Å². The van der Waals surface area contributed by atoms with Crippen molar-refractivity contribution in [3.05, 3.63) is 23.8 Å². The Morgan fingerprint density at radius 2 is 1.95 bits per heavy atom. The smallest absolute Gasteiger partial charge is 0.328 e. The standard InChI is InChI=1S/C25H33N3O8S/c1-25(2,3)24(33)36-14-37-20(12-15-6-7-18-19(11-15)35-13-34-18)21(29)26-16-8-10-27-9-4-5-17(23(31)32)28(27)22(16)30/h6-7,11,16-17,20H,4-5,8-10,12-14H2,1-3H3,(H,26,29)(H,31,32)/t16?,17-,20+/m0/s1. The van der Waals surface area contributed by atoms with E-state index in [4.69, 9.17) is 14.2 Å². The number of thioether (sulfide) groups is 1. The number of carboxylic acids is 1. The van der Waals surface area contributed by atoms with Crippen LogP contribution in [0, 0.1) is 5.41 Å². The number of nitrogens with one attached hydrogen (secondary N) is 1. The highest BCUT2D eigenvalue weighted by molar-refractivity contribution is 8.00. The number of hydrogen-bond acceptors (Lipinski definition) is 9. The van der Waals surface area contributed by atoms with Gasteiger partial charge >= 0.3 is 11.9 Å². The number of fused-ring (bicyclic) bond motifs is 2. The van der Waals surface area contributed by atoms with Gasteiger partial charge in [-0.3, -0.25) is 19.4 Å². The van der Waals surface area contributed by atoms with Gasteiger partial charge in [-0.05, 0) is 64.2 Å². The lowest BCUT2D eigenvalue weighted by Gasteiger charge is -2.47. The summed E-state index contributed by atoms with van der Waals surface area (Å²) >= 11 is 1.16. The van der Waals surface area contributed by atoms with E-state index in [9.17, 15) is 24.3 Å². The minimum Gasteiger partial charge on any atom is -0.480 e. The first-order valence-corrected chi connectivity index (χ1v) is 13.4. The third kappa shape index (κ3) is 6.30. The molecule has 12 heteroatoms. The van der Waals surface area contributed by atoms with Crippen LogP contribution in [0.2, 0.25) is 0 Å². The van der Waals surface area contributed by atoms with E-state index in [0.29, 0.717) is 50.3 Å². The number of ether oxygens (including phenoxy) is 3. The van der Waals surface area contributed by atoms with Crippen molar-refractivity contribution in [1.29, 1.82) is 0 Å². The Labute approximate surface area is 219 Å². The number of carbonyl (C=O) groups is 4. The molecule has 3 atom stereocenters. The van der Waals surface area contributed by atoms with E-state index in [0.717, 1.165) is 17.3 Å². The van der Waals surface area contributed by atoms with Crippen LogP contribution in [0.3, 0.4) is 0 Å². The first-order chi connectivity index (χ1) is 17.5. The second-order valence-corrected chi connectivity index (χ2v) is 11.5. The Kier molecular flexibility index (Phi) is 8.17. The summed E-state index contributed by atoms with van der Waals surface area (Å²) in [6, 6.07) is 3.65. The van der Waals surface area contributed by atoms with Gasteiger partial charge < -0.3 is 24.6 Å². The molecule has 0 aliphatic carbocycles. The predicted octanol–water partition coefficient (Wildman–Crippen LogP) is 1.79. The van der Waals surface area contributed by atoms with E-state index in [2.05, 4.69) is 5.32 Å². The van der Waals surface area contributed by atoms with Crippen LogP contribution >= 0.6 is 11.8 Å². The summed E-state index contributed by atoms with van der Waals surface area (Å²) in [5.74, 6) is -1.05. The van der Waals surface area contributed by atoms with E-state index < -0.39 is 34.6 Å². The second kappa shape index (κ2) is 11.2. The molecule has 202 valence electrons. The van der Waals surface area contributed by atoms with Crippen LogP contribution in [0.4, 0.5) is 0 Å². The highest BCUT2D eigenvalue weighted by atomic mass is 32.2. The lowest BCUT2D eigenvalue weighted by molar-refractivity contribution is -0.183. The minimum absolute atomic E-state index is 0.0294. The quantitative estimate of drug-likeness (QED) is 0.375. The third-order valence-electron chi connectivity index (χ3n) is 6.52. The Bertz CT molecular complexity index is 1060. The van der Waals surface area contributed by atoms with Crippen LogP contribution in [-0.2, 0) is 30.3 Å². The van der Waals surface area contributed by atoms with Gasteiger partial charge in [0.1, 0.15) is 18.0 Å². The summed E-state index contributed by atoms with van der Waals surface area (Å²) in [5.41, 5.74) is 0.146. The molecule has 4 rings (SSSR count). The van der Waals surface area contributed by atoms with Gasteiger partial charge in [0.2, 0.25) is 12.7 Å². The summed E-state index contributed by atoms with van der Waals surface area (Å²) in [4.78, 5) is 50.6. The molecule has 2 fully saturated rings. The lowest BCUT2D eigenvalue weighted by Crippen LogP contribution is -2.66. The van der Waals surface area contributed by atoms with Crippen molar-refractivity contribution in [3.8, 4) is 11.5 Å². The lowest BCUT2D eigenvalue weighted by atomic mass is 9.98. The molecule has 0 spiro atoms. The van der Waals surface area contributed by atoms with Crippen LogP contribution < -0.4 is 14.8 Å². The van der Waals surface area contributed by atoms with Crippen molar-refractivity contribution >= 4 is 35.5 Å². The van der Waals surface area contributed by atoms with Crippen molar-refractivity contribution < 1.29 is 38.5 Å². The van der Waals surface area contributed by atoms with Gasteiger partial charge in [-0.2, -0.15) is 0 Å². The topological polar surface area (TPSA) is 135 Å². The number of amides is 2. The van der Waals surface area contributed by atoms with E-state index in [1.54, 1.807) is 37.9 Å². The minimum atomic E-state index is -1.05. The van der Waals surface area contributed by atoms with Gasteiger partial charge in [-0.15, -0.1) is 11.8 Å². The fourth-order valence-electron chi connectivity index (χ4n) is 4.49. The first kappa shape index (κ1) is 27.1. The highest BCUT2D eigenvalue weighted by Gasteiger charge is 2.44. The molecular formula is C25H33N3O8S. The zero-order valence-electron chi connectivity index (χ0n) is 21.2. The molecule has 3 aliphatic heterocycles. The van der Waals surface area contributed by atoms with Gasteiger partial charge in [0, 0.05) is 13.1 Å². The molecule has 37 heavy (non-hydrogen) atoms. The van der Waals surface area contributed by atoms with Crippen LogP contribution in [0.15, 0.2) is 18.2 Å². The van der Waals surface area contributed by atoms with E-state index in [1.165, 1.54) is 5.01 Å². The maximum absolute atomic E-state index is 13.4. The van der Waals surface area contributed by atoms with Gasteiger partial charge in [-0.25, -0.2) is 9.80 Å². The molecule has 1 aromatic carbocycles. The Morgan fingerprint density at radius 3 is 2.68 bits per heavy atom. The van der Waals surface area contributed by atoms with Crippen molar-refractivity contribution in [3.63, 3.8) is 0 Å². The van der Waals surface area contributed by atoms with Crippen molar-refractivity contribution in [2.45, 2.75) is 63.8 Å². The van der Waals surface area contributed by atoms with Crippen LogP contribution in [-0.4, -0.2) is 82.0 Å². The SMILES string of the molecule is CC(C)(C)C(=O)OCS[C@H](Cc1ccc2c(c1)OCO2)C(=O)NC1CCN2CCC[C@@H](C(=O)O)N2C1=O. The average molecular weight is 536 g/mol. The van der Waals surface area contributed by atoms with E-state index in [-0.39, 0.29) is 24.6 Å². The van der Waals surface area contributed by atoms with Gasteiger partial charge in [0.05, 0.1) is 10.7 Å². The fraction of sp³-hybridized carbons (Fsp3) is 0.600. The Balaban J connectivity index is 1.46. The molecule has 2 N–H and O–H groups in total. The zero-order chi connectivity index (χ0) is 26.7. The summed E-state index contributed by atoms with van der Waals surface area (Å²) in [7, 11) is 0. The predicted molar refractivity (Wildman–Crippen MR) is 134 cm³/mol. The van der Waals surface area contributed by atoms with Gasteiger partial charge in [-0.1, -0.05) is 6.07 Å². The number of esters is 1. The van der Waals surface area contributed by atoms with Crippen molar-refractivity contribution in [2.75, 3.05) is 25.8 Å². The number of carbonyl (C=O) groups excluding carboxylic acids is 3. The largest absolute Gasteiger partial charge is 0.480 e. The fourth-order valence-corrected chi connectivity index (χ4v) is 5.36. The van der Waals surface area contributed by atoms with Crippen LogP contribution in [0.25, 0.3) is 0 Å². The average Bonchev–Trinajstić information content (AvgIpc) is 3.32. The molecule has 3 aliphatic rings. The molecule has 0 saturated carbocycles. The van der Waals surface area contributed by atoms with Gasteiger partial charge in [0.15, 0.2) is 11.5 Å². The molecule has 0 radical (unpaired) electrons. The molecule has 11 nitrogen and oxygen atoms in total. The molecule has 2 saturated heterocycles.